The summed E-state index contributed by atoms with van der Waals surface area (Å²) in [6.07, 6.45) is 2.28. The van der Waals surface area contributed by atoms with Gasteiger partial charge in [-0.1, -0.05) is 32.5 Å². The largest absolute Gasteiger partial charge is 0.381 e. The number of nitrogens with one attached hydrogen (secondary N) is 1. The lowest BCUT2D eigenvalue weighted by atomic mass is 9.83. The molecule has 0 bridgehead atoms. The van der Waals surface area contributed by atoms with Crippen molar-refractivity contribution in [3.8, 4) is 0 Å². The van der Waals surface area contributed by atoms with Crippen LogP contribution in [0, 0.1) is 11.3 Å². The van der Waals surface area contributed by atoms with Crippen LogP contribution < -0.4 is 5.32 Å². The monoisotopic (exact) mass is 256 g/mol. The van der Waals surface area contributed by atoms with Gasteiger partial charge in [0, 0.05) is 31.6 Å². The van der Waals surface area contributed by atoms with E-state index in [0.717, 1.165) is 43.5 Å². The van der Waals surface area contributed by atoms with E-state index in [1.54, 1.807) is 0 Å². The molecule has 0 radical (unpaired) electrons. The Hall–Kier alpha value is -0.220. The Kier molecular flexibility index (Phi) is 4.36. The Balaban J connectivity index is 1.84. The summed E-state index contributed by atoms with van der Waals surface area (Å²) in [6.45, 7) is 9.60. The second kappa shape index (κ2) is 5.61. The maximum Gasteiger partial charge on any atom is 0.156 e. The van der Waals surface area contributed by atoms with Crippen LogP contribution in [-0.2, 0) is 4.74 Å². The van der Waals surface area contributed by atoms with Crippen LogP contribution >= 0.6 is 11.8 Å². The number of thioether (sulfide) groups is 1. The third-order valence-corrected chi connectivity index (χ3v) is 4.86. The fourth-order valence-corrected chi connectivity index (χ4v) is 3.34. The van der Waals surface area contributed by atoms with E-state index >= 15 is 0 Å². The van der Waals surface area contributed by atoms with Gasteiger partial charge in [-0.25, -0.2) is 0 Å². The topological polar surface area (TPSA) is 33.6 Å². The number of ether oxygens (including phenoxy) is 1. The van der Waals surface area contributed by atoms with Gasteiger partial charge in [0.25, 0.3) is 0 Å². The van der Waals surface area contributed by atoms with Crippen molar-refractivity contribution in [2.75, 3.05) is 25.5 Å². The number of aliphatic imine (C=N–C) groups is 1. The van der Waals surface area contributed by atoms with Crippen LogP contribution in [0.15, 0.2) is 4.99 Å². The molecule has 1 N–H and O–H groups in total. The first-order valence-corrected chi connectivity index (χ1v) is 7.59. The fraction of sp³-hybridized carbons (Fsp3) is 0.923. The average molecular weight is 256 g/mol. The molecule has 2 fully saturated rings. The van der Waals surface area contributed by atoms with Gasteiger partial charge in [-0.05, 0) is 24.2 Å². The van der Waals surface area contributed by atoms with E-state index in [-0.39, 0.29) is 0 Å². The van der Waals surface area contributed by atoms with Gasteiger partial charge in [0.2, 0.25) is 0 Å². The van der Waals surface area contributed by atoms with E-state index < -0.39 is 0 Å². The smallest absolute Gasteiger partial charge is 0.156 e. The zero-order chi connectivity index (χ0) is 12.3. The van der Waals surface area contributed by atoms with Crippen LogP contribution in [0.1, 0.15) is 33.6 Å². The number of rotatable bonds is 3. The Labute approximate surface area is 109 Å². The molecule has 2 heterocycles. The molecule has 3 nitrogen and oxygen atoms in total. The SMILES string of the molecule is CC(C)C1CSC(=NCC2(C)CCOCC2)N1. The van der Waals surface area contributed by atoms with Gasteiger partial charge in [-0.15, -0.1) is 0 Å². The van der Waals surface area contributed by atoms with Crippen molar-refractivity contribution in [1.29, 1.82) is 0 Å². The molecule has 0 aromatic rings. The summed E-state index contributed by atoms with van der Waals surface area (Å²) in [4.78, 5) is 4.76. The van der Waals surface area contributed by atoms with E-state index in [0.29, 0.717) is 17.4 Å². The molecule has 0 aromatic heterocycles. The summed E-state index contributed by atoms with van der Waals surface area (Å²) >= 11 is 1.87. The molecule has 0 aromatic carbocycles. The first-order valence-electron chi connectivity index (χ1n) is 6.61. The van der Waals surface area contributed by atoms with Crippen molar-refractivity contribution in [1.82, 2.24) is 5.32 Å². The molecule has 98 valence electrons. The number of amidine groups is 1. The van der Waals surface area contributed by atoms with Crippen LogP contribution in [0.4, 0.5) is 0 Å². The third-order valence-electron chi connectivity index (χ3n) is 3.82. The summed E-state index contributed by atoms with van der Waals surface area (Å²) < 4.78 is 5.42. The molecule has 0 spiro atoms. The minimum absolute atomic E-state index is 0.351. The second-order valence-corrected chi connectivity index (χ2v) is 6.86. The molecule has 17 heavy (non-hydrogen) atoms. The first kappa shape index (κ1) is 13.2. The van der Waals surface area contributed by atoms with Gasteiger partial charge in [0.1, 0.15) is 0 Å². The molecular formula is C13H24N2OS. The van der Waals surface area contributed by atoms with Crippen molar-refractivity contribution in [3.05, 3.63) is 0 Å². The van der Waals surface area contributed by atoms with Crippen molar-refractivity contribution in [2.24, 2.45) is 16.3 Å². The summed E-state index contributed by atoms with van der Waals surface area (Å²) in [6, 6.07) is 0.598. The van der Waals surface area contributed by atoms with Crippen LogP contribution in [0.25, 0.3) is 0 Å². The molecule has 1 atom stereocenters. The number of hydrogen-bond acceptors (Lipinski definition) is 3. The second-order valence-electron chi connectivity index (χ2n) is 5.85. The predicted octanol–water partition coefficient (Wildman–Crippen LogP) is 2.52. The quantitative estimate of drug-likeness (QED) is 0.842. The normalized spacial score (nSPS) is 30.8. The lowest BCUT2D eigenvalue weighted by molar-refractivity contribution is 0.0283. The van der Waals surface area contributed by atoms with E-state index in [1.165, 1.54) is 0 Å². The number of hydrogen-bond donors (Lipinski definition) is 1. The molecule has 2 aliphatic heterocycles. The third kappa shape index (κ3) is 3.62. The molecule has 4 heteroatoms. The van der Waals surface area contributed by atoms with Crippen molar-refractivity contribution in [3.63, 3.8) is 0 Å². The zero-order valence-electron chi connectivity index (χ0n) is 11.2. The summed E-state index contributed by atoms with van der Waals surface area (Å²) in [5.41, 5.74) is 0.351. The molecule has 0 saturated carbocycles. The highest BCUT2D eigenvalue weighted by atomic mass is 32.2. The maximum absolute atomic E-state index is 5.42. The van der Waals surface area contributed by atoms with Crippen LogP contribution in [0.3, 0.4) is 0 Å². The number of nitrogens with zero attached hydrogens (tertiary/aromatic N) is 1. The Morgan fingerprint density at radius 2 is 2.18 bits per heavy atom. The minimum Gasteiger partial charge on any atom is -0.381 e. The van der Waals surface area contributed by atoms with Gasteiger partial charge in [-0.3, -0.25) is 4.99 Å². The van der Waals surface area contributed by atoms with Crippen LogP contribution in [0.2, 0.25) is 0 Å². The van der Waals surface area contributed by atoms with Gasteiger partial charge >= 0.3 is 0 Å². The van der Waals surface area contributed by atoms with Gasteiger partial charge in [0.15, 0.2) is 5.17 Å². The average Bonchev–Trinajstić information content (AvgIpc) is 2.76. The molecule has 2 aliphatic rings. The van der Waals surface area contributed by atoms with E-state index in [2.05, 4.69) is 26.1 Å². The molecule has 2 saturated heterocycles. The summed E-state index contributed by atoms with van der Waals surface area (Å²) in [7, 11) is 0. The van der Waals surface area contributed by atoms with E-state index in [1.807, 2.05) is 11.8 Å². The van der Waals surface area contributed by atoms with Crippen LogP contribution in [-0.4, -0.2) is 36.7 Å². The van der Waals surface area contributed by atoms with Crippen molar-refractivity contribution >= 4 is 16.9 Å². The lowest BCUT2D eigenvalue weighted by Gasteiger charge is -2.31. The van der Waals surface area contributed by atoms with Crippen LogP contribution in [0.5, 0.6) is 0 Å². The summed E-state index contributed by atoms with van der Waals surface area (Å²) in [5, 5.41) is 4.68. The fourth-order valence-electron chi connectivity index (χ4n) is 2.15. The Morgan fingerprint density at radius 1 is 1.47 bits per heavy atom. The summed E-state index contributed by atoms with van der Waals surface area (Å²) in [5.74, 6) is 1.85. The van der Waals surface area contributed by atoms with Gasteiger partial charge in [0.05, 0.1) is 0 Å². The van der Waals surface area contributed by atoms with Gasteiger partial charge < -0.3 is 10.1 Å². The van der Waals surface area contributed by atoms with Gasteiger partial charge in [-0.2, -0.15) is 0 Å². The highest BCUT2D eigenvalue weighted by Gasteiger charge is 2.28. The zero-order valence-corrected chi connectivity index (χ0v) is 12.0. The molecule has 2 rings (SSSR count). The molecule has 0 amide bonds. The maximum atomic E-state index is 5.42. The first-order chi connectivity index (χ1) is 8.09. The van der Waals surface area contributed by atoms with E-state index in [4.69, 9.17) is 9.73 Å². The lowest BCUT2D eigenvalue weighted by Crippen LogP contribution is -2.33. The molecule has 0 aliphatic carbocycles. The Bertz CT molecular complexity index is 285. The predicted molar refractivity (Wildman–Crippen MR) is 74.7 cm³/mol. The van der Waals surface area contributed by atoms with Crippen molar-refractivity contribution in [2.45, 2.75) is 39.7 Å². The highest BCUT2D eigenvalue weighted by Crippen LogP contribution is 2.30. The van der Waals surface area contributed by atoms with E-state index in [9.17, 15) is 0 Å². The highest BCUT2D eigenvalue weighted by molar-refractivity contribution is 8.14. The minimum atomic E-state index is 0.351. The standard InChI is InChI=1S/C13H24N2OS/c1-10(2)11-8-17-12(15-11)14-9-13(3)4-6-16-7-5-13/h10-11H,4-9H2,1-3H3,(H,14,15). The van der Waals surface area contributed by atoms with Crippen molar-refractivity contribution < 1.29 is 4.74 Å². The molecular weight excluding hydrogens is 232 g/mol. The Morgan fingerprint density at radius 3 is 2.76 bits per heavy atom. The molecule has 1 unspecified atom stereocenters.